The van der Waals surface area contributed by atoms with Crippen LogP contribution in [0.1, 0.15) is 37.1 Å². The molecular weight excluding hydrogens is 262 g/mol. The number of methoxy groups -OCH3 is 1. The summed E-state index contributed by atoms with van der Waals surface area (Å²) in [6.07, 6.45) is 1.55. The Labute approximate surface area is 115 Å². The van der Waals surface area contributed by atoms with Crippen molar-refractivity contribution < 1.29 is 14.3 Å². The van der Waals surface area contributed by atoms with Gasteiger partial charge in [-0.1, -0.05) is 0 Å². The molecule has 1 rings (SSSR count). The molecule has 0 bridgehead atoms. The van der Waals surface area contributed by atoms with E-state index >= 15 is 0 Å². The third-order valence-electron chi connectivity index (χ3n) is 2.44. The number of esters is 1. The van der Waals surface area contributed by atoms with Crippen LogP contribution in [0, 0.1) is 22.7 Å². The second-order valence-corrected chi connectivity index (χ2v) is 3.86. The lowest BCUT2D eigenvalue weighted by Gasteiger charge is -2.01. The molecule has 1 amide bonds. The van der Waals surface area contributed by atoms with Gasteiger partial charge in [-0.15, -0.1) is 0 Å². The van der Waals surface area contributed by atoms with Gasteiger partial charge in [0.05, 0.1) is 7.11 Å². The number of H-pyrrole nitrogens is 1. The maximum Gasteiger partial charge on any atom is 0.305 e. The number of imidazole rings is 1. The van der Waals surface area contributed by atoms with Crippen LogP contribution in [0.2, 0.25) is 0 Å². The van der Waals surface area contributed by atoms with Gasteiger partial charge in [0.2, 0.25) is 11.9 Å². The molecule has 0 aliphatic rings. The van der Waals surface area contributed by atoms with Gasteiger partial charge in [-0.25, -0.2) is 4.98 Å². The maximum atomic E-state index is 11.6. The number of unbranched alkanes of at least 4 members (excludes halogenated alkanes) is 1. The minimum absolute atomic E-state index is 0.00786. The van der Waals surface area contributed by atoms with Crippen LogP contribution in [0.5, 0.6) is 0 Å². The highest BCUT2D eigenvalue weighted by Crippen LogP contribution is 2.09. The Hall–Kier alpha value is -2.87. The highest BCUT2D eigenvalue weighted by atomic mass is 16.5. The summed E-state index contributed by atoms with van der Waals surface area (Å²) in [7, 11) is 1.31. The van der Waals surface area contributed by atoms with E-state index in [4.69, 9.17) is 10.5 Å². The predicted octanol–water partition coefficient (Wildman–Crippen LogP) is 0.825. The van der Waals surface area contributed by atoms with Crippen molar-refractivity contribution in [3.63, 3.8) is 0 Å². The molecular formula is C12H13N5O3. The molecule has 0 saturated carbocycles. The quantitative estimate of drug-likeness (QED) is 0.583. The molecule has 0 saturated heterocycles. The average molecular weight is 275 g/mol. The van der Waals surface area contributed by atoms with Gasteiger partial charge in [0, 0.05) is 12.8 Å². The van der Waals surface area contributed by atoms with E-state index in [9.17, 15) is 9.59 Å². The topological polar surface area (TPSA) is 132 Å². The number of carbonyl (C=O) groups excluding carboxylic acids is 2. The first-order valence-electron chi connectivity index (χ1n) is 5.87. The fourth-order valence-electron chi connectivity index (χ4n) is 1.45. The molecule has 0 fully saturated rings. The summed E-state index contributed by atoms with van der Waals surface area (Å²) in [6.45, 7) is 0. The lowest BCUT2D eigenvalue weighted by Crippen LogP contribution is -2.12. The number of hydrogen-bond acceptors (Lipinski definition) is 6. The van der Waals surface area contributed by atoms with E-state index in [0.29, 0.717) is 12.8 Å². The van der Waals surface area contributed by atoms with Crippen molar-refractivity contribution in [1.82, 2.24) is 9.97 Å². The van der Waals surface area contributed by atoms with Crippen LogP contribution in [0.4, 0.5) is 5.95 Å². The third-order valence-corrected chi connectivity index (χ3v) is 2.44. The van der Waals surface area contributed by atoms with Crippen LogP contribution in [0.3, 0.4) is 0 Å². The highest BCUT2D eigenvalue weighted by molar-refractivity contribution is 5.89. The van der Waals surface area contributed by atoms with Gasteiger partial charge < -0.3 is 9.72 Å². The molecule has 0 aliphatic heterocycles. The summed E-state index contributed by atoms with van der Waals surface area (Å²) in [5.74, 6) is -0.553. The lowest BCUT2D eigenvalue weighted by molar-refractivity contribution is -0.140. The molecule has 0 unspecified atom stereocenters. The van der Waals surface area contributed by atoms with E-state index in [-0.39, 0.29) is 42.1 Å². The third kappa shape index (κ3) is 4.42. The molecule has 2 N–H and O–H groups in total. The number of amides is 1. The second kappa shape index (κ2) is 7.54. The molecule has 0 atom stereocenters. The number of nitriles is 2. The van der Waals surface area contributed by atoms with Crippen molar-refractivity contribution in [3.05, 3.63) is 11.4 Å². The van der Waals surface area contributed by atoms with Crippen LogP contribution in [-0.4, -0.2) is 29.0 Å². The number of aromatic amines is 1. The molecule has 1 aromatic rings. The zero-order valence-corrected chi connectivity index (χ0v) is 10.9. The molecule has 0 radical (unpaired) electrons. The number of rotatable bonds is 6. The molecule has 8 heteroatoms. The molecule has 104 valence electrons. The Morgan fingerprint density at radius 3 is 2.55 bits per heavy atom. The monoisotopic (exact) mass is 275 g/mol. The molecule has 0 aliphatic carbocycles. The fourth-order valence-corrected chi connectivity index (χ4v) is 1.45. The van der Waals surface area contributed by atoms with Crippen molar-refractivity contribution >= 4 is 17.8 Å². The van der Waals surface area contributed by atoms with Crippen LogP contribution in [0.25, 0.3) is 0 Å². The summed E-state index contributed by atoms with van der Waals surface area (Å²) in [6, 6.07) is 3.51. The van der Waals surface area contributed by atoms with Crippen LogP contribution < -0.4 is 5.32 Å². The number of nitrogens with one attached hydrogen (secondary N) is 2. The number of hydrogen-bond donors (Lipinski definition) is 2. The Morgan fingerprint density at radius 1 is 1.30 bits per heavy atom. The van der Waals surface area contributed by atoms with E-state index in [2.05, 4.69) is 20.0 Å². The van der Waals surface area contributed by atoms with E-state index < -0.39 is 0 Å². The molecule has 0 aromatic carbocycles. The van der Waals surface area contributed by atoms with Gasteiger partial charge in [0.15, 0.2) is 11.4 Å². The number of anilines is 1. The fraction of sp³-hybridized carbons (Fsp3) is 0.417. The maximum absolute atomic E-state index is 11.6. The van der Waals surface area contributed by atoms with Crippen LogP contribution in [0.15, 0.2) is 0 Å². The van der Waals surface area contributed by atoms with E-state index in [0.717, 1.165) is 0 Å². The van der Waals surface area contributed by atoms with Gasteiger partial charge in [0.25, 0.3) is 0 Å². The minimum atomic E-state index is -0.311. The summed E-state index contributed by atoms with van der Waals surface area (Å²) in [5.41, 5.74) is -0.0537. The number of ether oxygens (including phenoxy) is 1. The molecule has 0 spiro atoms. The number of aromatic nitrogens is 2. The minimum Gasteiger partial charge on any atom is -0.469 e. The lowest BCUT2D eigenvalue weighted by atomic mass is 10.2. The van der Waals surface area contributed by atoms with Crippen LogP contribution in [-0.2, 0) is 14.3 Å². The van der Waals surface area contributed by atoms with Gasteiger partial charge in [-0.2, -0.15) is 10.5 Å². The molecule has 8 nitrogen and oxygen atoms in total. The predicted molar refractivity (Wildman–Crippen MR) is 67.1 cm³/mol. The largest absolute Gasteiger partial charge is 0.469 e. The second-order valence-electron chi connectivity index (χ2n) is 3.86. The first kappa shape index (κ1) is 15.2. The molecule has 1 heterocycles. The first-order chi connectivity index (χ1) is 9.60. The molecule has 1 aromatic heterocycles. The smallest absolute Gasteiger partial charge is 0.305 e. The van der Waals surface area contributed by atoms with Crippen molar-refractivity contribution in [3.8, 4) is 12.1 Å². The Kier molecular flexibility index (Phi) is 5.73. The SMILES string of the molecule is COC(=O)CCCCC(=O)Nc1nc(C#N)c(C#N)[nH]1. The van der Waals surface area contributed by atoms with Crippen molar-refractivity contribution in [2.75, 3.05) is 12.4 Å². The van der Waals surface area contributed by atoms with Crippen LogP contribution >= 0.6 is 0 Å². The number of carbonyl (C=O) groups is 2. The molecule has 20 heavy (non-hydrogen) atoms. The summed E-state index contributed by atoms with van der Waals surface area (Å²) in [5, 5.41) is 19.9. The standard InChI is InChI=1S/C12H13N5O3/c1-20-11(19)5-3-2-4-10(18)17-12-15-8(6-13)9(7-14)16-12/h2-5H2,1H3,(H2,15,16,17,18). The van der Waals surface area contributed by atoms with Gasteiger partial charge in [-0.05, 0) is 12.8 Å². The van der Waals surface area contributed by atoms with Crippen molar-refractivity contribution in [2.24, 2.45) is 0 Å². The number of nitrogens with zero attached hydrogens (tertiary/aromatic N) is 3. The Morgan fingerprint density at radius 2 is 2.00 bits per heavy atom. The summed E-state index contributed by atoms with van der Waals surface area (Å²) in [4.78, 5) is 28.7. The Balaban J connectivity index is 2.40. The summed E-state index contributed by atoms with van der Waals surface area (Å²) < 4.78 is 4.48. The van der Waals surface area contributed by atoms with Gasteiger partial charge in [0.1, 0.15) is 12.1 Å². The van der Waals surface area contributed by atoms with Gasteiger partial charge in [-0.3, -0.25) is 14.9 Å². The first-order valence-corrected chi connectivity index (χ1v) is 5.87. The van der Waals surface area contributed by atoms with Crippen molar-refractivity contribution in [2.45, 2.75) is 25.7 Å². The Bertz CT molecular complexity index is 547. The van der Waals surface area contributed by atoms with Crippen molar-refractivity contribution in [1.29, 1.82) is 10.5 Å². The highest BCUT2D eigenvalue weighted by Gasteiger charge is 2.11. The zero-order chi connectivity index (χ0) is 15.0. The van der Waals surface area contributed by atoms with E-state index in [1.54, 1.807) is 12.1 Å². The van der Waals surface area contributed by atoms with E-state index in [1.165, 1.54) is 7.11 Å². The normalized spacial score (nSPS) is 9.35. The zero-order valence-electron chi connectivity index (χ0n) is 10.9. The average Bonchev–Trinajstić information content (AvgIpc) is 2.85. The van der Waals surface area contributed by atoms with E-state index in [1.807, 2.05) is 0 Å². The summed E-state index contributed by atoms with van der Waals surface area (Å²) >= 11 is 0. The van der Waals surface area contributed by atoms with Gasteiger partial charge >= 0.3 is 5.97 Å².